The molecule has 4 unspecified atom stereocenters. The Morgan fingerprint density at radius 3 is 2.14 bits per heavy atom. The molecule has 5 aromatic rings. The average molecular weight is 788 g/mol. The first-order valence-corrected chi connectivity index (χ1v) is 21.6. The molecule has 1 aromatic heterocycles. The maximum atomic E-state index is 14.6. The van der Waals surface area contributed by atoms with Crippen LogP contribution in [0.5, 0.6) is 0 Å². The van der Waals surface area contributed by atoms with Gasteiger partial charge in [0.25, 0.3) is 0 Å². The summed E-state index contributed by atoms with van der Waals surface area (Å²) in [5.41, 5.74) is 4.89. The summed E-state index contributed by atoms with van der Waals surface area (Å²) >= 11 is 0. The molecule has 1 fully saturated rings. The van der Waals surface area contributed by atoms with Gasteiger partial charge in [-0.25, -0.2) is 13.4 Å². The molecule has 4 aromatic carbocycles. The maximum Gasteiger partial charge on any atom is 0.302 e. The van der Waals surface area contributed by atoms with E-state index >= 15 is 0 Å². The molecule has 0 radical (unpaired) electrons. The van der Waals surface area contributed by atoms with E-state index in [4.69, 9.17) is 9.72 Å². The summed E-state index contributed by atoms with van der Waals surface area (Å²) in [5.74, 6) is -0.0198. The number of aromatic nitrogens is 2. The van der Waals surface area contributed by atoms with Crippen LogP contribution >= 0.6 is 0 Å². The number of para-hydroxylation sites is 1. The van der Waals surface area contributed by atoms with Gasteiger partial charge in [-0.05, 0) is 78.7 Å². The third-order valence-corrected chi connectivity index (χ3v) is 13.0. The third-order valence-electron chi connectivity index (χ3n) is 11.5. The molecule has 10 nitrogen and oxygen atoms in total. The van der Waals surface area contributed by atoms with Gasteiger partial charge in [-0.2, -0.15) is 4.72 Å². The highest BCUT2D eigenvalue weighted by atomic mass is 32.2. The largest absolute Gasteiger partial charge is 0.464 e. The first-order chi connectivity index (χ1) is 27.6. The van der Waals surface area contributed by atoms with Gasteiger partial charge in [0, 0.05) is 26.2 Å². The fraction of sp³-hybridized carbons (Fsp3) is 0.370. The smallest absolute Gasteiger partial charge is 0.302 e. The molecule has 11 heteroatoms. The number of amides is 1. The lowest BCUT2D eigenvalue weighted by Crippen LogP contribution is -2.55. The molecule has 2 aliphatic rings. The van der Waals surface area contributed by atoms with Crippen molar-refractivity contribution in [3.05, 3.63) is 150 Å². The van der Waals surface area contributed by atoms with Crippen LogP contribution in [0.1, 0.15) is 74.4 Å². The zero-order chi connectivity index (χ0) is 40.0. The SMILES string of the molecule is CC(=O)OCC1CC(C)CCN1C(=O)C(CCCc1cn(C(c2ccccc2)(c2ccccc2)c2ccccc2)cn1)NS(=O)(=O)c1cccc2c1NCC(C)C2. The van der Waals surface area contributed by atoms with Crippen LogP contribution in [0.15, 0.2) is 127 Å². The molecule has 0 aliphatic carbocycles. The van der Waals surface area contributed by atoms with Crippen LogP contribution in [0.3, 0.4) is 0 Å². The van der Waals surface area contributed by atoms with Gasteiger partial charge in [0.1, 0.15) is 23.1 Å². The number of carbonyl (C=O) groups is 2. The minimum absolute atomic E-state index is 0.0720. The van der Waals surface area contributed by atoms with Crippen LogP contribution < -0.4 is 10.0 Å². The Balaban J connectivity index is 1.19. The summed E-state index contributed by atoms with van der Waals surface area (Å²) in [6.07, 6.45) is 7.40. The van der Waals surface area contributed by atoms with Gasteiger partial charge >= 0.3 is 5.97 Å². The summed E-state index contributed by atoms with van der Waals surface area (Å²) < 4.78 is 39.0. The number of esters is 1. The molecule has 1 saturated heterocycles. The molecule has 2 aliphatic heterocycles. The number of sulfonamides is 1. The number of likely N-dealkylation sites (tertiary alicyclic amines) is 1. The Labute approximate surface area is 336 Å². The minimum atomic E-state index is -4.12. The lowest BCUT2D eigenvalue weighted by molar-refractivity contribution is -0.148. The quantitative estimate of drug-likeness (QED) is 0.0903. The number of fused-ring (bicyclic) bond motifs is 1. The van der Waals surface area contributed by atoms with Crippen LogP contribution in [0.25, 0.3) is 0 Å². The Morgan fingerprint density at radius 2 is 1.53 bits per heavy atom. The normalized spacial score (nSPS) is 18.9. The van der Waals surface area contributed by atoms with Crippen molar-refractivity contribution in [2.75, 3.05) is 25.0 Å². The van der Waals surface area contributed by atoms with Crippen molar-refractivity contribution >= 4 is 27.6 Å². The topological polar surface area (TPSA) is 123 Å². The van der Waals surface area contributed by atoms with Crippen LogP contribution in [0.2, 0.25) is 0 Å². The molecule has 0 saturated carbocycles. The Bertz CT molecular complexity index is 2150. The van der Waals surface area contributed by atoms with Crippen molar-refractivity contribution in [3.8, 4) is 0 Å². The molecule has 0 bridgehead atoms. The Morgan fingerprint density at radius 1 is 0.895 bits per heavy atom. The Kier molecular flexibility index (Phi) is 12.3. The number of imidazole rings is 1. The van der Waals surface area contributed by atoms with Gasteiger partial charge in [0.05, 0.1) is 23.8 Å². The summed E-state index contributed by atoms with van der Waals surface area (Å²) in [7, 11) is -4.12. The van der Waals surface area contributed by atoms with E-state index in [2.05, 4.69) is 71.0 Å². The van der Waals surface area contributed by atoms with Crippen molar-refractivity contribution < 1.29 is 22.7 Å². The summed E-state index contributed by atoms with van der Waals surface area (Å²) in [4.78, 5) is 33.1. The van der Waals surface area contributed by atoms with Crippen molar-refractivity contribution in [3.63, 3.8) is 0 Å². The van der Waals surface area contributed by atoms with Crippen LogP contribution in [-0.2, 0) is 42.7 Å². The van der Waals surface area contributed by atoms with Crippen molar-refractivity contribution in [1.82, 2.24) is 19.2 Å². The summed E-state index contributed by atoms with van der Waals surface area (Å²) in [6.45, 7) is 6.80. The highest BCUT2D eigenvalue weighted by Gasteiger charge is 2.39. The lowest BCUT2D eigenvalue weighted by Gasteiger charge is -2.40. The maximum absolute atomic E-state index is 14.6. The standard InChI is InChI=1S/C46H53N5O5S/c1-33-25-26-51(41(28-33)31-56-35(3)52)45(53)42(49-57(54,55)43-24-13-15-36-27-34(2)29-47-44(36)43)23-14-22-40-30-50(32-48-40)46(37-16-7-4-8-17-37,38-18-9-5-10-19-38)39-20-11-6-12-21-39/h4-13,15-21,24,30,32-34,41-42,47,49H,14,22-23,25-29,31H2,1-3H3. The molecule has 1 amide bonds. The molecular formula is C46H53N5O5S. The number of hydrogen-bond donors (Lipinski definition) is 2. The van der Waals surface area contributed by atoms with Crippen LogP contribution in [0.4, 0.5) is 5.69 Å². The van der Waals surface area contributed by atoms with Crippen molar-refractivity contribution in [2.24, 2.45) is 11.8 Å². The second kappa shape index (κ2) is 17.5. The van der Waals surface area contributed by atoms with Gasteiger partial charge in [-0.3, -0.25) is 9.59 Å². The minimum Gasteiger partial charge on any atom is -0.464 e. The van der Waals surface area contributed by atoms with E-state index in [1.54, 1.807) is 17.0 Å². The Hall–Kier alpha value is -5.26. The van der Waals surface area contributed by atoms with E-state index in [0.717, 1.165) is 40.8 Å². The molecule has 4 atom stereocenters. The van der Waals surface area contributed by atoms with Gasteiger partial charge in [0.2, 0.25) is 15.9 Å². The van der Waals surface area contributed by atoms with Crippen LogP contribution in [-0.4, -0.2) is 66.5 Å². The van der Waals surface area contributed by atoms with E-state index in [1.807, 2.05) is 67.0 Å². The number of nitrogens with one attached hydrogen (secondary N) is 2. The van der Waals surface area contributed by atoms with Gasteiger partial charge in [0.15, 0.2) is 0 Å². The zero-order valence-corrected chi connectivity index (χ0v) is 33.8. The molecule has 2 N–H and O–H groups in total. The number of piperidine rings is 1. The second-order valence-electron chi connectivity index (χ2n) is 15.7. The number of aryl methyl sites for hydroxylation is 1. The third kappa shape index (κ3) is 8.70. The number of benzene rings is 4. The number of hydrogen-bond acceptors (Lipinski definition) is 7. The van der Waals surface area contributed by atoms with E-state index in [9.17, 15) is 18.0 Å². The van der Waals surface area contributed by atoms with E-state index in [-0.39, 0.29) is 29.9 Å². The van der Waals surface area contributed by atoms with Gasteiger partial charge in [-0.1, -0.05) is 117 Å². The predicted octanol–water partition coefficient (Wildman–Crippen LogP) is 7.19. The molecule has 57 heavy (non-hydrogen) atoms. The number of carbonyl (C=O) groups excluding carboxylic acids is 2. The van der Waals surface area contributed by atoms with Gasteiger partial charge in [-0.15, -0.1) is 0 Å². The summed E-state index contributed by atoms with van der Waals surface area (Å²) in [6, 6.07) is 35.1. The van der Waals surface area contributed by atoms with E-state index in [1.165, 1.54) is 6.92 Å². The molecular weight excluding hydrogens is 735 g/mol. The highest BCUT2D eigenvalue weighted by Crippen LogP contribution is 2.41. The number of ether oxygens (including phenoxy) is 1. The first-order valence-electron chi connectivity index (χ1n) is 20.1. The first kappa shape index (κ1) is 40.0. The molecule has 3 heterocycles. The molecule has 7 rings (SSSR count). The van der Waals surface area contributed by atoms with E-state index < -0.39 is 27.6 Å². The van der Waals surface area contributed by atoms with E-state index in [0.29, 0.717) is 49.9 Å². The number of anilines is 1. The predicted molar refractivity (Wildman–Crippen MR) is 222 cm³/mol. The van der Waals surface area contributed by atoms with Gasteiger partial charge < -0.3 is 19.5 Å². The fourth-order valence-electron chi connectivity index (χ4n) is 8.64. The fourth-order valence-corrected chi connectivity index (χ4v) is 10.1. The van der Waals surface area contributed by atoms with Crippen molar-refractivity contribution in [2.45, 2.75) is 81.8 Å². The monoisotopic (exact) mass is 787 g/mol. The number of rotatable bonds is 14. The summed E-state index contributed by atoms with van der Waals surface area (Å²) in [5, 5.41) is 3.33. The number of nitrogens with zero attached hydrogens (tertiary/aromatic N) is 3. The zero-order valence-electron chi connectivity index (χ0n) is 33.0. The lowest BCUT2D eigenvalue weighted by atomic mass is 9.77. The van der Waals surface area contributed by atoms with Crippen molar-refractivity contribution in [1.29, 1.82) is 0 Å². The molecule has 0 spiro atoms. The molecule has 298 valence electrons. The highest BCUT2D eigenvalue weighted by molar-refractivity contribution is 7.89. The second-order valence-corrected chi connectivity index (χ2v) is 17.4. The average Bonchev–Trinajstić information content (AvgIpc) is 3.69. The van der Waals surface area contributed by atoms with Crippen LogP contribution in [0, 0.1) is 11.8 Å².